The Morgan fingerprint density at radius 2 is 1.46 bits per heavy atom. The second-order valence-electron chi connectivity index (χ2n) is 5.40. The van der Waals surface area contributed by atoms with Gasteiger partial charge in [-0.15, -0.1) is 0 Å². The van der Waals surface area contributed by atoms with Crippen molar-refractivity contribution in [1.29, 1.82) is 0 Å². The van der Waals surface area contributed by atoms with Gasteiger partial charge in [-0.1, -0.05) is 36.9 Å². The Hall–Kier alpha value is -2.58. The summed E-state index contributed by atoms with van der Waals surface area (Å²) in [6.45, 7) is 2.64. The van der Waals surface area contributed by atoms with E-state index in [0.717, 1.165) is 0 Å². The fraction of sp³-hybridized carbons (Fsp3) is 0.167. The minimum Gasteiger partial charge on any atom is -0.394 e. The van der Waals surface area contributed by atoms with Crippen LogP contribution >= 0.6 is 0 Å². The van der Waals surface area contributed by atoms with E-state index in [9.17, 15) is 31.9 Å². The van der Waals surface area contributed by atoms with E-state index < -0.39 is 52.0 Å². The largest absolute Gasteiger partial charge is 0.394 e. The van der Waals surface area contributed by atoms with Crippen molar-refractivity contribution in [3.05, 3.63) is 82.7 Å². The number of benzene rings is 2. The van der Waals surface area contributed by atoms with E-state index in [0.29, 0.717) is 5.56 Å². The second kappa shape index (κ2) is 8.20. The summed E-state index contributed by atoms with van der Waals surface area (Å²) in [6.07, 6.45) is 0. The van der Waals surface area contributed by atoms with E-state index in [-0.39, 0.29) is 13.2 Å². The number of carbonyl (C=O) groups excluding carboxylic acids is 1. The minimum absolute atomic E-state index is 0.335. The van der Waals surface area contributed by atoms with Crippen molar-refractivity contribution in [3.8, 4) is 0 Å². The molecule has 0 aliphatic heterocycles. The van der Waals surface area contributed by atoms with Gasteiger partial charge in [-0.25, -0.2) is 22.0 Å². The molecule has 0 spiro atoms. The Kier molecular flexibility index (Phi) is 6.23. The van der Waals surface area contributed by atoms with Crippen molar-refractivity contribution < 1.29 is 31.9 Å². The van der Waals surface area contributed by atoms with Crippen molar-refractivity contribution in [2.75, 3.05) is 13.2 Å². The highest BCUT2D eigenvalue weighted by molar-refractivity contribution is 6.09. The fourth-order valence-electron chi connectivity index (χ4n) is 2.28. The fourth-order valence-corrected chi connectivity index (χ4v) is 2.28. The lowest BCUT2D eigenvalue weighted by Crippen LogP contribution is -2.28. The first-order valence-electron chi connectivity index (χ1n) is 7.42. The SMILES string of the molecule is C=C(CN[C@H](CO)c1ccccc1)C(=O)c1c(F)c(F)c(F)c(F)c1F. The van der Waals surface area contributed by atoms with Gasteiger partial charge < -0.3 is 10.4 Å². The number of nitrogens with one attached hydrogen (secondary N) is 1. The summed E-state index contributed by atoms with van der Waals surface area (Å²) in [5, 5.41) is 12.1. The lowest BCUT2D eigenvalue weighted by atomic mass is 10.0. The summed E-state index contributed by atoms with van der Waals surface area (Å²) < 4.78 is 66.9. The van der Waals surface area contributed by atoms with Crippen molar-refractivity contribution >= 4 is 5.78 Å². The van der Waals surface area contributed by atoms with Crippen molar-refractivity contribution in [1.82, 2.24) is 5.32 Å². The third kappa shape index (κ3) is 3.81. The van der Waals surface area contributed by atoms with Crippen LogP contribution in [0.2, 0.25) is 0 Å². The zero-order valence-corrected chi connectivity index (χ0v) is 13.3. The molecule has 0 fully saturated rings. The number of rotatable bonds is 7. The Bertz CT molecular complexity index is 810. The quantitative estimate of drug-likeness (QED) is 0.258. The number of carbonyl (C=O) groups is 1. The Morgan fingerprint density at radius 3 is 1.96 bits per heavy atom. The van der Waals surface area contributed by atoms with Crippen LogP contribution < -0.4 is 5.32 Å². The van der Waals surface area contributed by atoms with Gasteiger partial charge in [0.1, 0.15) is 0 Å². The Labute approximate surface area is 145 Å². The lowest BCUT2D eigenvalue weighted by molar-refractivity contribution is 0.102. The predicted molar refractivity (Wildman–Crippen MR) is 84.0 cm³/mol. The lowest BCUT2D eigenvalue weighted by Gasteiger charge is -2.17. The molecule has 2 aromatic rings. The van der Waals surface area contributed by atoms with Gasteiger partial charge in [0, 0.05) is 12.1 Å². The topological polar surface area (TPSA) is 49.3 Å². The molecular formula is C18H14F5NO2. The molecule has 0 radical (unpaired) electrons. The first-order valence-corrected chi connectivity index (χ1v) is 7.42. The summed E-state index contributed by atoms with van der Waals surface area (Å²) in [4.78, 5) is 12.1. The summed E-state index contributed by atoms with van der Waals surface area (Å²) in [6, 6.07) is 7.97. The molecule has 8 heteroatoms. The molecule has 0 unspecified atom stereocenters. The first-order chi connectivity index (χ1) is 12.3. The minimum atomic E-state index is -2.34. The van der Waals surface area contributed by atoms with Gasteiger partial charge in [0.05, 0.1) is 18.2 Å². The predicted octanol–water partition coefficient (Wildman–Crippen LogP) is 3.44. The molecule has 0 aliphatic carbocycles. The maximum atomic E-state index is 13.7. The molecule has 0 aliphatic rings. The number of hydrogen-bond acceptors (Lipinski definition) is 3. The summed E-state index contributed by atoms with van der Waals surface area (Å²) in [5.74, 6) is -12.6. The molecule has 138 valence electrons. The number of aliphatic hydroxyl groups is 1. The Balaban J connectivity index is 2.20. The second-order valence-corrected chi connectivity index (χ2v) is 5.40. The number of aliphatic hydroxyl groups excluding tert-OH is 1. The molecule has 2 N–H and O–H groups in total. The normalized spacial score (nSPS) is 12.1. The molecule has 2 rings (SSSR count). The van der Waals surface area contributed by atoms with E-state index in [1.165, 1.54) is 0 Å². The maximum Gasteiger partial charge on any atom is 0.200 e. The number of Topliss-reactive ketones (excluding diaryl/α,β-unsaturated/α-hetero) is 1. The van der Waals surface area contributed by atoms with Crippen LogP contribution in [0.15, 0.2) is 42.5 Å². The molecule has 2 aromatic carbocycles. The molecule has 0 aromatic heterocycles. The molecule has 0 saturated carbocycles. The van der Waals surface area contributed by atoms with Gasteiger partial charge in [-0.2, -0.15) is 0 Å². The average molecular weight is 371 g/mol. The third-order valence-electron chi connectivity index (χ3n) is 3.70. The monoisotopic (exact) mass is 371 g/mol. The van der Waals surface area contributed by atoms with Crippen LogP contribution in [0.5, 0.6) is 0 Å². The van der Waals surface area contributed by atoms with E-state index in [2.05, 4.69) is 11.9 Å². The molecule has 0 bridgehead atoms. The molecule has 26 heavy (non-hydrogen) atoms. The zero-order chi connectivity index (χ0) is 19.4. The molecule has 0 saturated heterocycles. The van der Waals surface area contributed by atoms with E-state index >= 15 is 0 Å². The highest BCUT2D eigenvalue weighted by atomic mass is 19.2. The van der Waals surface area contributed by atoms with Crippen LogP contribution in [0.3, 0.4) is 0 Å². The van der Waals surface area contributed by atoms with Crippen molar-refractivity contribution in [2.24, 2.45) is 0 Å². The number of halogens is 5. The number of ketones is 1. The molecule has 3 nitrogen and oxygen atoms in total. The van der Waals surface area contributed by atoms with E-state index in [1.54, 1.807) is 30.3 Å². The summed E-state index contributed by atoms with van der Waals surface area (Å²) >= 11 is 0. The summed E-state index contributed by atoms with van der Waals surface area (Å²) in [7, 11) is 0. The van der Waals surface area contributed by atoms with Gasteiger partial charge in [0.2, 0.25) is 5.82 Å². The zero-order valence-electron chi connectivity index (χ0n) is 13.3. The van der Waals surface area contributed by atoms with Gasteiger partial charge in [-0.05, 0) is 5.56 Å². The average Bonchev–Trinajstić information content (AvgIpc) is 2.66. The van der Waals surface area contributed by atoms with Gasteiger partial charge in [0.25, 0.3) is 0 Å². The van der Waals surface area contributed by atoms with Crippen LogP contribution in [-0.2, 0) is 0 Å². The van der Waals surface area contributed by atoms with Crippen LogP contribution in [0.4, 0.5) is 22.0 Å². The molecule has 0 amide bonds. The van der Waals surface area contributed by atoms with Crippen molar-refractivity contribution in [2.45, 2.75) is 6.04 Å². The Morgan fingerprint density at radius 1 is 0.962 bits per heavy atom. The highest BCUT2D eigenvalue weighted by Crippen LogP contribution is 2.25. The molecule has 0 heterocycles. The van der Waals surface area contributed by atoms with Crippen LogP contribution in [0.25, 0.3) is 0 Å². The smallest absolute Gasteiger partial charge is 0.200 e. The maximum absolute atomic E-state index is 13.7. The summed E-state index contributed by atoms with van der Waals surface area (Å²) in [5.41, 5.74) is -1.32. The van der Waals surface area contributed by atoms with Crippen LogP contribution in [-0.4, -0.2) is 24.0 Å². The molecule has 1 atom stereocenters. The van der Waals surface area contributed by atoms with Gasteiger partial charge >= 0.3 is 0 Å². The standard InChI is InChI=1S/C18H14F5NO2/c1-9(7-24-11(8-25)10-5-3-2-4-6-10)18(26)12-13(19)15(21)17(23)16(22)14(12)20/h2-6,11,24-25H,1,7-8H2/t11-/m1/s1. The van der Waals surface area contributed by atoms with Crippen LogP contribution in [0.1, 0.15) is 22.0 Å². The third-order valence-corrected chi connectivity index (χ3v) is 3.70. The van der Waals surface area contributed by atoms with Crippen molar-refractivity contribution in [3.63, 3.8) is 0 Å². The van der Waals surface area contributed by atoms with E-state index in [4.69, 9.17) is 0 Å². The number of hydrogen-bond donors (Lipinski definition) is 2. The molecular weight excluding hydrogens is 357 g/mol. The van der Waals surface area contributed by atoms with Gasteiger partial charge in [0.15, 0.2) is 29.1 Å². The highest BCUT2D eigenvalue weighted by Gasteiger charge is 2.30. The van der Waals surface area contributed by atoms with Crippen LogP contribution in [0, 0.1) is 29.1 Å². The van der Waals surface area contributed by atoms with E-state index in [1.807, 2.05) is 0 Å². The van der Waals surface area contributed by atoms with Gasteiger partial charge in [-0.3, -0.25) is 4.79 Å². The first kappa shape index (κ1) is 19.7.